The van der Waals surface area contributed by atoms with Gasteiger partial charge in [0.2, 0.25) is 0 Å². The number of hydrogen-bond acceptors (Lipinski definition) is 2. The van der Waals surface area contributed by atoms with E-state index in [9.17, 15) is 0 Å². The number of nitrogens with zero attached hydrogens (tertiary/aromatic N) is 2. The summed E-state index contributed by atoms with van der Waals surface area (Å²) in [6.07, 6.45) is 3.80. The van der Waals surface area contributed by atoms with Gasteiger partial charge >= 0.3 is 0 Å². The molecule has 1 aliphatic rings. The highest BCUT2D eigenvalue weighted by Gasteiger charge is 2.33. The lowest BCUT2D eigenvalue weighted by Crippen LogP contribution is -2.43. The van der Waals surface area contributed by atoms with Crippen LogP contribution in [0.2, 0.25) is 0 Å². The van der Waals surface area contributed by atoms with Gasteiger partial charge in [-0.2, -0.15) is 5.10 Å². The SMILES string of the molecule is CC1(Cn2cccn2)COC1. The van der Waals surface area contributed by atoms with Crippen LogP contribution in [0, 0.1) is 5.41 Å². The summed E-state index contributed by atoms with van der Waals surface area (Å²) in [5, 5.41) is 4.14. The highest BCUT2D eigenvalue weighted by molar-refractivity contribution is 4.84. The van der Waals surface area contributed by atoms with Crippen molar-refractivity contribution in [2.45, 2.75) is 13.5 Å². The Balaban J connectivity index is 2.00. The minimum Gasteiger partial charge on any atom is -0.380 e. The van der Waals surface area contributed by atoms with Crippen LogP contribution in [0.4, 0.5) is 0 Å². The molecule has 0 bridgehead atoms. The second-order valence-electron chi connectivity index (χ2n) is 3.51. The largest absolute Gasteiger partial charge is 0.380 e. The fourth-order valence-corrected chi connectivity index (χ4v) is 1.33. The summed E-state index contributed by atoms with van der Waals surface area (Å²) in [6, 6.07) is 1.95. The van der Waals surface area contributed by atoms with Gasteiger partial charge < -0.3 is 4.74 Å². The van der Waals surface area contributed by atoms with Crippen LogP contribution in [0.15, 0.2) is 18.5 Å². The summed E-state index contributed by atoms with van der Waals surface area (Å²) >= 11 is 0. The molecule has 1 aromatic heterocycles. The summed E-state index contributed by atoms with van der Waals surface area (Å²) in [7, 11) is 0. The fraction of sp³-hybridized carbons (Fsp3) is 0.625. The van der Waals surface area contributed by atoms with Gasteiger partial charge in [0, 0.05) is 17.8 Å². The fourth-order valence-electron chi connectivity index (χ4n) is 1.33. The Labute approximate surface area is 66.0 Å². The van der Waals surface area contributed by atoms with Crippen molar-refractivity contribution in [1.29, 1.82) is 0 Å². The van der Waals surface area contributed by atoms with E-state index in [0.717, 1.165) is 19.8 Å². The highest BCUT2D eigenvalue weighted by Crippen LogP contribution is 2.27. The van der Waals surface area contributed by atoms with Crippen LogP contribution in [0.5, 0.6) is 0 Å². The number of aromatic nitrogens is 2. The summed E-state index contributed by atoms with van der Waals surface area (Å²) in [6.45, 7) is 4.93. The third kappa shape index (κ3) is 1.28. The lowest BCUT2D eigenvalue weighted by atomic mass is 9.89. The van der Waals surface area contributed by atoms with E-state index in [2.05, 4.69) is 12.0 Å². The van der Waals surface area contributed by atoms with Crippen LogP contribution in [-0.2, 0) is 11.3 Å². The molecule has 0 unspecified atom stereocenters. The molecule has 0 radical (unpaired) electrons. The number of rotatable bonds is 2. The van der Waals surface area contributed by atoms with Gasteiger partial charge in [-0.15, -0.1) is 0 Å². The molecule has 0 N–H and O–H groups in total. The first-order valence-corrected chi connectivity index (χ1v) is 3.84. The van der Waals surface area contributed by atoms with E-state index in [-0.39, 0.29) is 0 Å². The standard InChI is InChI=1S/C8H12N2O/c1-8(6-11-7-8)5-10-4-2-3-9-10/h2-4H,5-7H2,1H3. The molecule has 0 saturated carbocycles. The monoisotopic (exact) mass is 152 g/mol. The van der Waals surface area contributed by atoms with Gasteiger partial charge in [-0.1, -0.05) is 6.92 Å². The molecular formula is C8H12N2O. The van der Waals surface area contributed by atoms with Crippen molar-refractivity contribution in [2.24, 2.45) is 5.41 Å². The minimum atomic E-state index is 0.325. The third-order valence-electron chi connectivity index (χ3n) is 2.00. The van der Waals surface area contributed by atoms with Crippen LogP contribution in [-0.4, -0.2) is 23.0 Å². The maximum atomic E-state index is 5.15. The van der Waals surface area contributed by atoms with Crippen molar-refractivity contribution in [2.75, 3.05) is 13.2 Å². The molecule has 1 aliphatic heterocycles. The molecule has 0 spiro atoms. The molecule has 1 fully saturated rings. The molecule has 0 aliphatic carbocycles. The van der Waals surface area contributed by atoms with E-state index < -0.39 is 0 Å². The first-order chi connectivity index (χ1) is 5.29. The molecule has 0 atom stereocenters. The third-order valence-corrected chi connectivity index (χ3v) is 2.00. The van der Waals surface area contributed by atoms with E-state index in [1.165, 1.54) is 0 Å². The molecule has 1 aromatic rings. The zero-order valence-corrected chi connectivity index (χ0v) is 6.66. The van der Waals surface area contributed by atoms with Crippen molar-refractivity contribution < 1.29 is 4.74 Å². The van der Waals surface area contributed by atoms with Gasteiger partial charge in [0.1, 0.15) is 0 Å². The number of ether oxygens (including phenoxy) is 1. The van der Waals surface area contributed by atoms with Gasteiger partial charge in [-0.25, -0.2) is 0 Å². The molecule has 2 heterocycles. The molecular weight excluding hydrogens is 140 g/mol. The van der Waals surface area contributed by atoms with Crippen molar-refractivity contribution >= 4 is 0 Å². The average molecular weight is 152 g/mol. The Kier molecular flexibility index (Phi) is 1.46. The Morgan fingerprint density at radius 1 is 1.64 bits per heavy atom. The van der Waals surface area contributed by atoms with E-state index in [4.69, 9.17) is 4.74 Å². The van der Waals surface area contributed by atoms with Crippen molar-refractivity contribution in [3.8, 4) is 0 Å². The van der Waals surface area contributed by atoms with Gasteiger partial charge in [0.05, 0.1) is 19.8 Å². The second kappa shape index (κ2) is 2.34. The van der Waals surface area contributed by atoms with Crippen LogP contribution >= 0.6 is 0 Å². The summed E-state index contributed by atoms with van der Waals surface area (Å²) in [5.74, 6) is 0. The smallest absolute Gasteiger partial charge is 0.0560 e. The zero-order valence-electron chi connectivity index (χ0n) is 6.66. The lowest BCUT2D eigenvalue weighted by Gasteiger charge is -2.37. The van der Waals surface area contributed by atoms with Crippen molar-refractivity contribution in [3.63, 3.8) is 0 Å². The Morgan fingerprint density at radius 2 is 2.45 bits per heavy atom. The van der Waals surface area contributed by atoms with Crippen molar-refractivity contribution in [3.05, 3.63) is 18.5 Å². The Morgan fingerprint density at radius 3 is 2.91 bits per heavy atom. The summed E-state index contributed by atoms with van der Waals surface area (Å²) < 4.78 is 7.11. The molecule has 1 saturated heterocycles. The highest BCUT2D eigenvalue weighted by atomic mass is 16.5. The van der Waals surface area contributed by atoms with Gasteiger partial charge in [-0.05, 0) is 6.07 Å². The van der Waals surface area contributed by atoms with E-state index >= 15 is 0 Å². The minimum absolute atomic E-state index is 0.325. The topological polar surface area (TPSA) is 27.1 Å². The van der Waals surface area contributed by atoms with Crippen LogP contribution in [0.3, 0.4) is 0 Å². The molecule has 0 aromatic carbocycles. The van der Waals surface area contributed by atoms with E-state index in [0.29, 0.717) is 5.41 Å². The predicted octanol–water partition coefficient (Wildman–Crippen LogP) is 0.920. The van der Waals surface area contributed by atoms with E-state index in [1.807, 2.05) is 23.1 Å². The van der Waals surface area contributed by atoms with Crippen LogP contribution in [0.25, 0.3) is 0 Å². The quantitative estimate of drug-likeness (QED) is 0.630. The summed E-state index contributed by atoms with van der Waals surface area (Å²) in [5.41, 5.74) is 0.325. The Bertz CT molecular complexity index is 226. The first kappa shape index (κ1) is 6.85. The van der Waals surface area contributed by atoms with Gasteiger partial charge in [-0.3, -0.25) is 4.68 Å². The average Bonchev–Trinajstić information content (AvgIpc) is 2.36. The summed E-state index contributed by atoms with van der Waals surface area (Å²) in [4.78, 5) is 0. The predicted molar refractivity (Wildman–Crippen MR) is 41.2 cm³/mol. The van der Waals surface area contributed by atoms with Gasteiger partial charge in [0.25, 0.3) is 0 Å². The van der Waals surface area contributed by atoms with Crippen LogP contribution < -0.4 is 0 Å². The lowest BCUT2D eigenvalue weighted by molar-refractivity contribution is -0.111. The molecule has 0 amide bonds. The van der Waals surface area contributed by atoms with Crippen LogP contribution in [0.1, 0.15) is 6.92 Å². The van der Waals surface area contributed by atoms with E-state index in [1.54, 1.807) is 0 Å². The maximum absolute atomic E-state index is 5.15. The number of hydrogen-bond donors (Lipinski definition) is 0. The first-order valence-electron chi connectivity index (χ1n) is 3.84. The van der Waals surface area contributed by atoms with Crippen molar-refractivity contribution in [1.82, 2.24) is 9.78 Å². The Hall–Kier alpha value is -0.830. The van der Waals surface area contributed by atoms with Gasteiger partial charge in [0.15, 0.2) is 0 Å². The maximum Gasteiger partial charge on any atom is 0.0560 e. The molecule has 3 heteroatoms. The normalized spacial score (nSPS) is 21.2. The molecule has 3 nitrogen and oxygen atoms in total. The molecule has 11 heavy (non-hydrogen) atoms. The second-order valence-corrected chi connectivity index (χ2v) is 3.51. The molecule has 2 rings (SSSR count). The zero-order chi connectivity index (χ0) is 7.73. The molecule has 60 valence electrons.